The molecule has 0 bridgehead atoms. The maximum atomic E-state index is 13.7. The summed E-state index contributed by atoms with van der Waals surface area (Å²) in [6.07, 6.45) is 4.79. The summed E-state index contributed by atoms with van der Waals surface area (Å²) in [4.78, 5) is 12.4. The molecule has 1 aliphatic carbocycles. The molecule has 0 spiro atoms. The minimum Gasteiger partial charge on any atom is -0.327 e. The van der Waals surface area contributed by atoms with Crippen LogP contribution in [0.25, 0.3) is 0 Å². The highest BCUT2D eigenvalue weighted by molar-refractivity contribution is 9.10. The highest BCUT2D eigenvalue weighted by atomic mass is 79.9. The molecule has 2 atom stereocenters. The number of Topliss-reactive ketones (excluding diaryl/α,β-unsaturated/α-hetero) is 1. The quantitative estimate of drug-likeness (QED) is 0.668. The van der Waals surface area contributed by atoms with E-state index in [9.17, 15) is 9.18 Å². The third-order valence-electron chi connectivity index (χ3n) is 3.60. The summed E-state index contributed by atoms with van der Waals surface area (Å²) in [5.41, 5.74) is 6.21. The van der Waals surface area contributed by atoms with Gasteiger partial charge in [0.2, 0.25) is 0 Å². The third kappa shape index (κ3) is 2.98. The van der Waals surface area contributed by atoms with Gasteiger partial charge in [-0.05, 0) is 31.0 Å². The van der Waals surface area contributed by atoms with Crippen LogP contribution in [0.4, 0.5) is 4.39 Å². The van der Waals surface area contributed by atoms with Gasteiger partial charge < -0.3 is 5.73 Å². The number of carbonyl (C=O) groups is 1. The Hall–Kier alpha value is -0.740. The van der Waals surface area contributed by atoms with Gasteiger partial charge in [0.25, 0.3) is 0 Å². The number of hydrogen-bond donors (Lipinski definition) is 1. The van der Waals surface area contributed by atoms with Gasteiger partial charge in [0.05, 0.1) is 5.56 Å². The van der Waals surface area contributed by atoms with Crippen molar-refractivity contribution < 1.29 is 9.18 Å². The second-order valence-corrected chi connectivity index (χ2v) is 5.81. The van der Waals surface area contributed by atoms with Gasteiger partial charge >= 0.3 is 0 Å². The zero-order valence-electron chi connectivity index (χ0n) is 10.2. The normalized spacial score (nSPS) is 24.6. The van der Waals surface area contributed by atoms with E-state index >= 15 is 0 Å². The van der Waals surface area contributed by atoms with E-state index in [1.54, 1.807) is 12.1 Å². The van der Waals surface area contributed by atoms with Crippen LogP contribution in [0.5, 0.6) is 0 Å². The van der Waals surface area contributed by atoms with Crippen LogP contribution in [-0.2, 0) is 0 Å². The fraction of sp³-hybridized carbons (Fsp3) is 0.500. The van der Waals surface area contributed by atoms with Gasteiger partial charge in [-0.25, -0.2) is 4.39 Å². The highest BCUT2D eigenvalue weighted by Gasteiger charge is 2.29. The number of halogens is 2. The molecule has 2 N–H and O–H groups in total. The Morgan fingerprint density at radius 3 is 2.78 bits per heavy atom. The van der Waals surface area contributed by atoms with Crippen molar-refractivity contribution in [1.82, 2.24) is 0 Å². The first-order valence-corrected chi connectivity index (χ1v) is 7.13. The molecule has 2 unspecified atom stereocenters. The molecule has 1 saturated carbocycles. The molecule has 4 heteroatoms. The molecule has 0 amide bonds. The van der Waals surface area contributed by atoms with E-state index in [4.69, 9.17) is 5.73 Å². The summed E-state index contributed by atoms with van der Waals surface area (Å²) in [6.45, 7) is 0. The monoisotopic (exact) mass is 313 g/mol. The Morgan fingerprint density at radius 1 is 1.28 bits per heavy atom. The topological polar surface area (TPSA) is 43.1 Å². The Morgan fingerprint density at radius 2 is 2.00 bits per heavy atom. The lowest BCUT2D eigenvalue weighted by Gasteiger charge is -2.20. The molecule has 1 fully saturated rings. The Bertz CT molecular complexity index is 449. The smallest absolute Gasteiger partial charge is 0.170 e. The maximum Gasteiger partial charge on any atom is 0.170 e. The van der Waals surface area contributed by atoms with E-state index in [2.05, 4.69) is 15.9 Å². The summed E-state index contributed by atoms with van der Waals surface area (Å²) in [7, 11) is 0. The molecule has 1 aromatic carbocycles. The summed E-state index contributed by atoms with van der Waals surface area (Å²) >= 11 is 3.27. The van der Waals surface area contributed by atoms with Gasteiger partial charge in [0.1, 0.15) is 5.82 Å². The summed E-state index contributed by atoms with van der Waals surface area (Å²) < 4.78 is 14.4. The Labute approximate surface area is 115 Å². The zero-order valence-corrected chi connectivity index (χ0v) is 11.7. The van der Waals surface area contributed by atoms with Crippen molar-refractivity contribution in [3.63, 3.8) is 0 Å². The van der Waals surface area contributed by atoms with Crippen LogP contribution in [0.15, 0.2) is 22.7 Å². The minimum atomic E-state index is -0.459. The van der Waals surface area contributed by atoms with Crippen LogP contribution in [0.2, 0.25) is 0 Å². The summed E-state index contributed by atoms with van der Waals surface area (Å²) in [6, 6.07) is 4.33. The lowest BCUT2D eigenvalue weighted by Crippen LogP contribution is -2.35. The Kier molecular flexibility index (Phi) is 4.51. The average Bonchev–Trinajstić information content (AvgIpc) is 2.56. The van der Waals surface area contributed by atoms with Crippen LogP contribution in [0.1, 0.15) is 42.5 Å². The number of rotatable bonds is 2. The molecule has 18 heavy (non-hydrogen) atoms. The van der Waals surface area contributed by atoms with E-state index in [1.807, 2.05) is 0 Å². The molecule has 98 valence electrons. The van der Waals surface area contributed by atoms with E-state index in [1.165, 1.54) is 6.07 Å². The molecule has 0 heterocycles. The Balaban J connectivity index is 2.26. The molecule has 0 aromatic heterocycles. The molecule has 2 rings (SSSR count). The number of ketones is 1. The molecule has 1 aliphatic rings. The molecule has 1 aromatic rings. The van der Waals surface area contributed by atoms with Crippen molar-refractivity contribution in [2.75, 3.05) is 0 Å². The van der Waals surface area contributed by atoms with Gasteiger partial charge in [0.15, 0.2) is 5.78 Å². The number of carbonyl (C=O) groups excluding carboxylic acids is 1. The number of nitrogens with two attached hydrogens (primary N) is 1. The van der Waals surface area contributed by atoms with Gasteiger partial charge in [-0.15, -0.1) is 0 Å². The summed E-state index contributed by atoms with van der Waals surface area (Å²) in [5, 5.41) is 0. The first-order valence-electron chi connectivity index (χ1n) is 6.34. The number of benzene rings is 1. The maximum absolute atomic E-state index is 13.7. The van der Waals surface area contributed by atoms with Crippen LogP contribution >= 0.6 is 15.9 Å². The average molecular weight is 314 g/mol. The molecule has 0 radical (unpaired) electrons. The van der Waals surface area contributed by atoms with Crippen molar-refractivity contribution in [3.8, 4) is 0 Å². The van der Waals surface area contributed by atoms with Crippen molar-refractivity contribution in [1.29, 1.82) is 0 Å². The molecule has 2 nitrogen and oxygen atoms in total. The van der Waals surface area contributed by atoms with Crippen molar-refractivity contribution in [3.05, 3.63) is 34.1 Å². The van der Waals surface area contributed by atoms with E-state index < -0.39 is 5.82 Å². The lowest BCUT2D eigenvalue weighted by molar-refractivity contribution is 0.0890. The predicted molar refractivity (Wildman–Crippen MR) is 73.0 cm³/mol. The molecular formula is C14H17BrFNO. The van der Waals surface area contributed by atoms with Crippen LogP contribution in [0.3, 0.4) is 0 Å². The predicted octanol–water partition coefficient (Wildman–Crippen LogP) is 3.68. The first kappa shape index (κ1) is 13.7. The van der Waals surface area contributed by atoms with Crippen molar-refractivity contribution >= 4 is 21.7 Å². The van der Waals surface area contributed by atoms with Crippen molar-refractivity contribution in [2.24, 2.45) is 11.7 Å². The number of hydrogen-bond acceptors (Lipinski definition) is 2. The first-order chi connectivity index (χ1) is 8.59. The summed E-state index contributed by atoms with van der Waals surface area (Å²) in [5.74, 6) is -0.848. The van der Waals surface area contributed by atoms with Gasteiger partial charge in [-0.3, -0.25) is 4.79 Å². The zero-order chi connectivity index (χ0) is 13.1. The van der Waals surface area contributed by atoms with E-state index in [0.29, 0.717) is 0 Å². The lowest BCUT2D eigenvalue weighted by atomic mass is 9.87. The minimum absolute atomic E-state index is 0.140. The van der Waals surface area contributed by atoms with Gasteiger partial charge in [0, 0.05) is 16.4 Å². The second kappa shape index (κ2) is 5.93. The molecule has 0 aliphatic heterocycles. The van der Waals surface area contributed by atoms with Crippen molar-refractivity contribution in [2.45, 2.75) is 38.1 Å². The van der Waals surface area contributed by atoms with Gasteiger partial charge in [-0.1, -0.05) is 35.2 Å². The van der Waals surface area contributed by atoms with Crippen LogP contribution < -0.4 is 5.73 Å². The van der Waals surface area contributed by atoms with Crippen LogP contribution in [-0.4, -0.2) is 11.8 Å². The van der Waals surface area contributed by atoms with Gasteiger partial charge in [-0.2, -0.15) is 0 Å². The van der Waals surface area contributed by atoms with E-state index in [0.717, 1.165) is 36.6 Å². The SMILES string of the molecule is NC1CCCCCC1C(=O)c1cc(Br)ccc1F. The molecule has 0 saturated heterocycles. The fourth-order valence-electron chi connectivity index (χ4n) is 2.55. The van der Waals surface area contributed by atoms with Crippen LogP contribution in [0, 0.1) is 11.7 Å². The molecular weight excluding hydrogens is 297 g/mol. The standard InChI is InChI=1S/C14H17BrFNO/c15-9-6-7-12(16)11(8-9)14(18)10-4-2-1-3-5-13(10)17/h6-8,10,13H,1-5,17H2. The fourth-order valence-corrected chi connectivity index (χ4v) is 2.91. The highest BCUT2D eigenvalue weighted by Crippen LogP contribution is 2.27. The van der Waals surface area contributed by atoms with E-state index in [-0.39, 0.29) is 23.3 Å². The largest absolute Gasteiger partial charge is 0.327 e. The second-order valence-electron chi connectivity index (χ2n) is 4.90. The third-order valence-corrected chi connectivity index (χ3v) is 4.09.